The Morgan fingerprint density at radius 3 is 2.21 bits per heavy atom. The Hall–Kier alpha value is 0.266. The first kappa shape index (κ1) is 16.7. The van der Waals surface area contributed by atoms with Crippen LogP contribution in [0.1, 0.15) is 20.3 Å². The van der Waals surface area contributed by atoms with Gasteiger partial charge < -0.3 is 21.7 Å². The summed E-state index contributed by atoms with van der Waals surface area (Å²) in [5.74, 6) is 1.69. The molecule has 0 radical (unpaired) electrons. The number of halogens is 1. The Morgan fingerprint density at radius 2 is 1.71 bits per heavy atom. The van der Waals surface area contributed by atoms with Crippen LogP contribution in [0.15, 0.2) is 30.3 Å². The van der Waals surface area contributed by atoms with Crippen LogP contribution in [-0.4, -0.2) is 29.7 Å². The standard InChI is InChI=1S/C11H16O.BrH.Mg/c1-10(2)8-9-12-11-6-4-3-5-7-11;;/h3-7,10H,8-9H2,1-2H3;1H;/q;;+2/p-1. The molecule has 0 aliphatic carbocycles. The van der Waals surface area contributed by atoms with E-state index in [1.165, 1.54) is 0 Å². The van der Waals surface area contributed by atoms with Crippen LogP contribution >= 0.6 is 0 Å². The Balaban J connectivity index is 0. The molecule has 14 heavy (non-hydrogen) atoms. The normalized spacial score (nSPS) is 8.79. The van der Waals surface area contributed by atoms with Gasteiger partial charge in [-0.15, -0.1) is 0 Å². The molecule has 0 aromatic heterocycles. The monoisotopic (exact) mass is 267 g/mol. The zero-order valence-corrected chi connectivity index (χ0v) is 11.9. The van der Waals surface area contributed by atoms with Crippen molar-refractivity contribution < 1.29 is 21.7 Å². The third-order valence-corrected chi connectivity index (χ3v) is 1.71. The van der Waals surface area contributed by atoms with E-state index < -0.39 is 0 Å². The summed E-state index contributed by atoms with van der Waals surface area (Å²) >= 11 is 0. The molecule has 0 atom stereocenters. The van der Waals surface area contributed by atoms with Gasteiger partial charge in [0.2, 0.25) is 0 Å². The molecule has 1 aromatic rings. The Labute approximate surface area is 113 Å². The predicted octanol–water partition coefficient (Wildman–Crippen LogP) is -0.265. The van der Waals surface area contributed by atoms with Crippen LogP contribution in [0.5, 0.6) is 5.75 Å². The van der Waals surface area contributed by atoms with Gasteiger partial charge in [-0.3, -0.25) is 0 Å². The molecule has 0 spiro atoms. The third kappa shape index (κ3) is 7.65. The van der Waals surface area contributed by atoms with Gasteiger partial charge in [-0.2, -0.15) is 0 Å². The average Bonchev–Trinajstić information content (AvgIpc) is 2.05. The molecule has 0 saturated carbocycles. The van der Waals surface area contributed by atoms with E-state index in [1.807, 2.05) is 30.3 Å². The largest absolute Gasteiger partial charge is 2.00 e. The van der Waals surface area contributed by atoms with Gasteiger partial charge >= 0.3 is 23.1 Å². The van der Waals surface area contributed by atoms with Gasteiger partial charge in [-0.1, -0.05) is 32.0 Å². The molecular weight excluding hydrogens is 252 g/mol. The number of ether oxygens (including phenoxy) is 1. The molecule has 1 aromatic carbocycles. The fourth-order valence-corrected chi connectivity index (χ4v) is 0.929. The maximum Gasteiger partial charge on any atom is 2.00 e. The van der Waals surface area contributed by atoms with E-state index in [4.69, 9.17) is 4.74 Å². The smallest absolute Gasteiger partial charge is 1.00 e. The molecule has 0 aliphatic rings. The second-order valence-electron chi connectivity index (χ2n) is 3.34. The quantitative estimate of drug-likeness (QED) is 0.684. The van der Waals surface area contributed by atoms with Gasteiger partial charge in [0.25, 0.3) is 0 Å². The fourth-order valence-electron chi connectivity index (χ4n) is 0.929. The van der Waals surface area contributed by atoms with Crippen LogP contribution in [-0.2, 0) is 0 Å². The predicted molar refractivity (Wildman–Crippen MR) is 57.1 cm³/mol. The minimum Gasteiger partial charge on any atom is -1.00 e. The van der Waals surface area contributed by atoms with Crippen molar-refractivity contribution in [2.45, 2.75) is 20.3 Å². The summed E-state index contributed by atoms with van der Waals surface area (Å²) in [6, 6.07) is 9.95. The summed E-state index contributed by atoms with van der Waals surface area (Å²) in [6.45, 7) is 5.23. The van der Waals surface area contributed by atoms with E-state index in [0.29, 0.717) is 5.92 Å². The van der Waals surface area contributed by atoms with Crippen molar-refractivity contribution in [1.82, 2.24) is 0 Å². The number of hydrogen-bond acceptors (Lipinski definition) is 1. The molecule has 1 rings (SSSR count). The number of rotatable bonds is 4. The summed E-state index contributed by atoms with van der Waals surface area (Å²) in [5.41, 5.74) is 0. The second kappa shape index (κ2) is 9.81. The third-order valence-electron chi connectivity index (χ3n) is 1.71. The minimum absolute atomic E-state index is 0. The van der Waals surface area contributed by atoms with E-state index in [2.05, 4.69) is 13.8 Å². The van der Waals surface area contributed by atoms with Crippen LogP contribution in [0.25, 0.3) is 0 Å². The van der Waals surface area contributed by atoms with Crippen LogP contribution in [0, 0.1) is 5.92 Å². The van der Waals surface area contributed by atoms with Gasteiger partial charge in [-0.05, 0) is 24.5 Å². The van der Waals surface area contributed by atoms with Crippen molar-refractivity contribution in [3.8, 4) is 5.75 Å². The number of benzene rings is 1. The zero-order chi connectivity index (χ0) is 8.81. The summed E-state index contributed by atoms with van der Waals surface area (Å²) in [4.78, 5) is 0. The molecule has 0 aliphatic heterocycles. The second-order valence-corrected chi connectivity index (χ2v) is 3.34. The summed E-state index contributed by atoms with van der Waals surface area (Å²) < 4.78 is 5.52. The molecule has 0 N–H and O–H groups in total. The van der Waals surface area contributed by atoms with E-state index >= 15 is 0 Å². The molecular formula is C11H16BrMgO+. The first-order valence-electron chi connectivity index (χ1n) is 4.47. The van der Waals surface area contributed by atoms with E-state index in [1.54, 1.807) is 0 Å². The van der Waals surface area contributed by atoms with Gasteiger partial charge in [0.1, 0.15) is 5.75 Å². The maximum absolute atomic E-state index is 5.52. The summed E-state index contributed by atoms with van der Waals surface area (Å²) in [6.07, 6.45) is 1.12. The molecule has 0 saturated heterocycles. The first-order chi connectivity index (χ1) is 5.79. The SMILES string of the molecule is CC(C)CCOc1ccccc1.[Br-].[Mg+2]. The van der Waals surface area contributed by atoms with E-state index in [9.17, 15) is 0 Å². The van der Waals surface area contributed by atoms with Crippen LogP contribution in [0.4, 0.5) is 0 Å². The van der Waals surface area contributed by atoms with Crippen molar-refractivity contribution in [3.63, 3.8) is 0 Å². The van der Waals surface area contributed by atoms with Crippen LogP contribution in [0.2, 0.25) is 0 Å². The molecule has 0 fully saturated rings. The molecule has 0 heterocycles. The van der Waals surface area contributed by atoms with E-state index in [-0.39, 0.29) is 40.0 Å². The number of para-hydroxylation sites is 1. The Kier molecular flexibility index (Phi) is 11.7. The molecule has 74 valence electrons. The minimum atomic E-state index is 0. The van der Waals surface area contributed by atoms with Crippen molar-refractivity contribution in [2.24, 2.45) is 5.92 Å². The van der Waals surface area contributed by atoms with Crippen LogP contribution in [0.3, 0.4) is 0 Å². The molecule has 3 heteroatoms. The Bertz CT molecular complexity index is 214. The van der Waals surface area contributed by atoms with Crippen molar-refractivity contribution in [2.75, 3.05) is 6.61 Å². The van der Waals surface area contributed by atoms with Gasteiger partial charge in [0.15, 0.2) is 0 Å². The van der Waals surface area contributed by atoms with Crippen LogP contribution < -0.4 is 21.7 Å². The number of hydrogen-bond donors (Lipinski definition) is 0. The zero-order valence-electron chi connectivity index (χ0n) is 8.87. The van der Waals surface area contributed by atoms with Crippen molar-refractivity contribution >= 4 is 23.1 Å². The molecule has 0 bridgehead atoms. The maximum atomic E-state index is 5.52. The molecule has 0 amide bonds. The first-order valence-corrected chi connectivity index (χ1v) is 4.47. The topological polar surface area (TPSA) is 9.23 Å². The van der Waals surface area contributed by atoms with Gasteiger partial charge in [0, 0.05) is 0 Å². The molecule has 1 nitrogen and oxygen atoms in total. The van der Waals surface area contributed by atoms with Gasteiger partial charge in [0.05, 0.1) is 6.61 Å². The van der Waals surface area contributed by atoms with Gasteiger partial charge in [-0.25, -0.2) is 0 Å². The van der Waals surface area contributed by atoms with Crippen molar-refractivity contribution in [3.05, 3.63) is 30.3 Å². The average molecular weight is 268 g/mol. The van der Waals surface area contributed by atoms with E-state index in [0.717, 1.165) is 18.8 Å². The summed E-state index contributed by atoms with van der Waals surface area (Å²) in [5, 5.41) is 0. The van der Waals surface area contributed by atoms with Crippen molar-refractivity contribution in [1.29, 1.82) is 0 Å². The molecule has 0 unspecified atom stereocenters. The summed E-state index contributed by atoms with van der Waals surface area (Å²) in [7, 11) is 0. The Morgan fingerprint density at radius 1 is 1.14 bits per heavy atom. The fraction of sp³-hybridized carbons (Fsp3) is 0.455.